The summed E-state index contributed by atoms with van der Waals surface area (Å²) in [5.74, 6) is 1.00. The molecule has 0 atom stereocenters. The molecule has 4 nitrogen and oxygen atoms in total. The Morgan fingerprint density at radius 1 is 1.44 bits per heavy atom. The molecule has 0 aliphatic carbocycles. The van der Waals surface area contributed by atoms with Crippen LogP contribution in [0.25, 0.3) is 5.69 Å². The summed E-state index contributed by atoms with van der Waals surface area (Å²) < 4.78 is 2.00. The Morgan fingerprint density at radius 3 is 2.81 bits per heavy atom. The highest BCUT2D eigenvalue weighted by atomic mass is 32.1. The van der Waals surface area contributed by atoms with E-state index >= 15 is 0 Å². The second-order valence-electron chi connectivity index (χ2n) is 3.33. The van der Waals surface area contributed by atoms with Gasteiger partial charge in [0.2, 0.25) is 0 Å². The number of imidazole rings is 1. The number of nitrogens with zero attached hydrogens (tertiary/aromatic N) is 3. The summed E-state index contributed by atoms with van der Waals surface area (Å²) in [6, 6.07) is 3.75. The van der Waals surface area contributed by atoms with E-state index in [-0.39, 0.29) is 0 Å². The number of rotatable bonds is 3. The number of aryl methyl sites for hydroxylation is 1. The number of hydrogen-bond acceptors (Lipinski definition) is 3. The second-order valence-corrected chi connectivity index (χ2v) is 3.77. The largest absolute Gasteiger partial charge is 0.388 e. The first-order valence-electron chi connectivity index (χ1n) is 5.01. The van der Waals surface area contributed by atoms with Crippen molar-refractivity contribution in [2.45, 2.75) is 13.3 Å². The fourth-order valence-corrected chi connectivity index (χ4v) is 1.63. The molecule has 0 spiro atoms. The summed E-state index contributed by atoms with van der Waals surface area (Å²) >= 11 is 4.85. The van der Waals surface area contributed by atoms with E-state index < -0.39 is 0 Å². The lowest BCUT2D eigenvalue weighted by atomic mass is 10.3. The molecule has 82 valence electrons. The van der Waals surface area contributed by atoms with Gasteiger partial charge in [0, 0.05) is 18.8 Å². The molecule has 0 aromatic carbocycles. The summed E-state index contributed by atoms with van der Waals surface area (Å²) in [6.45, 7) is 2.07. The van der Waals surface area contributed by atoms with E-state index in [1.54, 1.807) is 12.4 Å². The molecule has 0 aliphatic rings. The topological polar surface area (TPSA) is 56.7 Å². The highest BCUT2D eigenvalue weighted by molar-refractivity contribution is 7.80. The predicted octanol–water partition coefficient (Wildman–Crippen LogP) is 1.46. The van der Waals surface area contributed by atoms with Crippen molar-refractivity contribution in [3.8, 4) is 5.69 Å². The van der Waals surface area contributed by atoms with Gasteiger partial charge in [-0.25, -0.2) is 4.98 Å². The maximum Gasteiger partial charge on any atom is 0.122 e. The second kappa shape index (κ2) is 4.40. The van der Waals surface area contributed by atoms with Gasteiger partial charge in [0.1, 0.15) is 10.8 Å². The lowest BCUT2D eigenvalue weighted by molar-refractivity contribution is 0.886. The number of pyridine rings is 1. The van der Waals surface area contributed by atoms with Crippen LogP contribution in [0.4, 0.5) is 0 Å². The van der Waals surface area contributed by atoms with Crippen molar-refractivity contribution in [2.24, 2.45) is 5.73 Å². The first-order chi connectivity index (χ1) is 7.72. The van der Waals surface area contributed by atoms with E-state index in [0.29, 0.717) is 10.7 Å². The molecule has 2 rings (SSSR count). The van der Waals surface area contributed by atoms with E-state index in [2.05, 4.69) is 16.9 Å². The van der Waals surface area contributed by atoms with Crippen LogP contribution < -0.4 is 5.73 Å². The van der Waals surface area contributed by atoms with Crippen LogP contribution in [0.3, 0.4) is 0 Å². The first kappa shape index (κ1) is 10.8. The van der Waals surface area contributed by atoms with Crippen LogP contribution in [-0.2, 0) is 6.42 Å². The molecule has 2 heterocycles. The smallest absolute Gasteiger partial charge is 0.122 e. The van der Waals surface area contributed by atoms with Crippen LogP contribution in [0, 0.1) is 0 Å². The number of hydrogen-bond donors (Lipinski definition) is 1. The average molecular weight is 232 g/mol. The Bertz CT molecular complexity index is 501. The molecule has 0 bridgehead atoms. The third-order valence-corrected chi connectivity index (χ3v) is 2.52. The Labute approximate surface area is 99.1 Å². The van der Waals surface area contributed by atoms with E-state index in [1.807, 2.05) is 22.9 Å². The highest BCUT2D eigenvalue weighted by Crippen LogP contribution is 2.10. The number of thiocarbonyl (C=S) groups is 1. The zero-order valence-electron chi connectivity index (χ0n) is 8.92. The Kier molecular flexibility index (Phi) is 2.96. The Morgan fingerprint density at radius 2 is 2.25 bits per heavy atom. The Hall–Kier alpha value is -1.75. The van der Waals surface area contributed by atoms with Crippen molar-refractivity contribution in [3.63, 3.8) is 0 Å². The predicted molar refractivity (Wildman–Crippen MR) is 66.6 cm³/mol. The molecule has 5 heteroatoms. The summed E-state index contributed by atoms with van der Waals surface area (Å²) in [4.78, 5) is 8.76. The quantitative estimate of drug-likeness (QED) is 0.814. The maximum atomic E-state index is 5.49. The van der Waals surface area contributed by atoms with Gasteiger partial charge in [-0.2, -0.15) is 0 Å². The van der Waals surface area contributed by atoms with Gasteiger partial charge in [0.05, 0.1) is 17.6 Å². The number of aromatic nitrogens is 3. The van der Waals surface area contributed by atoms with E-state index in [1.165, 1.54) is 0 Å². The third-order valence-electron chi connectivity index (χ3n) is 2.31. The summed E-state index contributed by atoms with van der Waals surface area (Å²) in [5.41, 5.74) is 7.09. The molecule has 2 aromatic rings. The minimum Gasteiger partial charge on any atom is -0.388 e. The molecule has 2 aromatic heterocycles. The number of nitrogens with two attached hydrogens (primary N) is 1. The normalized spacial score (nSPS) is 10.3. The van der Waals surface area contributed by atoms with Gasteiger partial charge >= 0.3 is 0 Å². The molecule has 16 heavy (non-hydrogen) atoms. The van der Waals surface area contributed by atoms with Crippen molar-refractivity contribution >= 4 is 17.2 Å². The van der Waals surface area contributed by atoms with Crippen molar-refractivity contribution in [1.82, 2.24) is 14.5 Å². The van der Waals surface area contributed by atoms with Crippen LogP contribution in [0.15, 0.2) is 30.7 Å². The monoisotopic (exact) mass is 232 g/mol. The van der Waals surface area contributed by atoms with Crippen LogP contribution in [0.1, 0.15) is 18.4 Å². The van der Waals surface area contributed by atoms with E-state index in [0.717, 1.165) is 17.9 Å². The van der Waals surface area contributed by atoms with Crippen LogP contribution in [-0.4, -0.2) is 19.5 Å². The zero-order valence-corrected chi connectivity index (χ0v) is 9.74. The van der Waals surface area contributed by atoms with Crippen molar-refractivity contribution < 1.29 is 0 Å². The Balaban J connectivity index is 2.38. The fourth-order valence-electron chi connectivity index (χ4n) is 1.51. The van der Waals surface area contributed by atoms with Crippen molar-refractivity contribution in [1.29, 1.82) is 0 Å². The zero-order chi connectivity index (χ0) is 11.5. The van der Waals surface area contributed by atoms with Crippen LogP contribution >= 0.6 is 12.2 Å². The minimum atomic E-state index is 0.313. The summed E-state index contributed by atoms with van der Waals surface area (Å²) in [6.07, 6.45) is 6.32. The third kappa shape index (κ3) is 1.94. The van der Waals surface area contributed by atoms with E-state index in [9.17, 15) is 0 Å². The lowest BCUT2D eigenvalue weighted by Gasteiger charge is -2.06. The first-order valence-corrected chi connectivity index (χ1v) is 5.41. The van der Waals surface area contributed by atoms with Crippen molar-refractivity contribution in [2.75, 3.05) is 0 Å². The summed E-state index contributed by atoms with van der Waals surface area (Å²) in [7, 11) is 0. The molecule has 0 fully saturated rings. The molecule has 0 saturated heterocycles. The molecule has 0 unspecified atom stereocenters. The maximum absolute atomic E-state index is 5.49. The fraction of sp³-hybridized carbons (Fsp3) is 0.182. The standard InChI is InChI=1S/C11H12N4S/c1-2-10-13-5-6-15(10)8-3-4-9(11(12)16)14-7-8/h3-7H,2H2,1H3,(H2,12,16). The molecular formula is C11H12N4S. The average Bonchev–Trinajstić information content (AvgIpc) is 2.77. The van der Waals surface area contributed by atoms with Crippen LogP contribution in [0.5, 0.6) is 0 Å². The van der Waals surface area contributed by atoms with Gasteiger partial charge in [-0.1, -0.05) is 19.1 Å². The molecule has 2 N–H and O–H groups in total. The lowest BCUT2D eigenvalue weighted by Crippen LogP contribution is -2.11. The summed E-state index contributed by atoms with van der Waals surface area (Å²) in [5, 5.41) is 0. The minimum absolute atomic E-state index is 0.313. The molecule has 0 radical (unpaired) electrons. The van der Waals surface area contributed by atoms with Gasteiger partial charge in [0.15, 0.2) is 0 Å². The molecular weight excluding hydrogens is 220 g/mol. The van der Waals surface area contributed by atoms with Gasteiger partial charge in [-0.3, -0.25) is 4.98 Å². The molecule has 0 amide bonds. The van der Waals surface area contributed by atoms with Gasteiger partial charge in [-0.05, 0) is 12.1 Å². The highest BCUT2D eigenvalue weighted by Gasteiger charge is 2.04. The van der Waals surface area contributed by atoms with Crippen LogP contribution in [0.2, 0.25) is 0 Å². The molecule has 0 aliphatic heterocycles. The van der Waals surface area contributed by atoms with E-state index in [4.69, 9.17) is 18.0 Å². The van der Waals surface area contributed by atoms with Gasteiger partial charge in [0.25, 0.3) is 0 Å². The molecule has 0 saturated carbocycles. The SMILES string of the molecule is CCc1nccn1-c1ccc(C(N)=S)nc1. The van der Waals surface area contributed by atoms with Gasteiger partial charge < -0.3 is 10.3 Å². The van der Waals surface area contributed by atoms with Crippen molar-refractivity contribution in [3.05, 3.63) is 42.2 Å². The van der Waals surface area contributed by atoms with Gasteiger partial charge in [-0.15, -0.1) is 0 Å².